The average molecular weight is 438 g/mol. The average Bonchev–Trinajstić information content (AvgIpc) is 3.30. The minimum absolute atomic E-state index is 0.101. The molecule has 2 aromatic carbocycles. The fourth-order valence-electron chi connectivity index (χ4n) is 5.18. The Balaban J connectivity index is 1.58. The number of fused-ring (bicyclic) bond motifs is 4. The largest absolute Gasteiger partial charge is 0.497 e. The molecule has 0 bridgehead atoms. The molecule has 5 rings (SSSR count). The molecule has 7 nitrogen and oxygen atoms in total. The molecule has 1 spiro atoms. The molecule has 1 unspecified atom stereocenters. The quantitative estimate of drug-likeness (QED) is 0.703. The summed E-state index contributed by atoms with van der Waals surface area (Å²) in [7, 11) is 5.05. The van der Waals surface area contributed by atoms with Crippen molar-refractivity contribution in [1.82, 2.24) is 9.91 Å². The van der Waals surface area contributed by atoms with E-state index < -0.39 is 5.72 Å². The van der Waals surface area contributed by atoms with Crippen LogP contribution in [-0.4, -0.2) is 62.3 Å². The zero-order valence-electron chi connectivity index (χ0n) is 19.3. The summed E-state index contributed by atoms with van der Waals surface area (Å²) in [5.41, 5.74) is 2.65. The molecule has 2 aromatic rings. The first-order chi connectivity index (χ1) is 15.6. The minimum atomic E-state index is -0.473. The summed E-state index contributed by atoms with van der Waals surface area (Å²) in [4.78, 5) is 2.47. The smallest absolute Gasteiger partial charge is 0.200 e. The highest BCUT2D eigenvalue weighted by Gasteiger charge is 2.52. The number of nitrogens with zero attached hydrogens (tertiary/aromatic N) is 3. The minimum Gasteiger partial charge on any atom is -0.497 e. The van der Waals surface area contributed by atoms with Gasteiger partial charge in [0.15, 0.2) is 11.5 Å². The molecule has 3 heterocycles. The van der Waals surface area contributed by atoms with E-state index in [1.54, 1.807) is 21.3 Å². The Morgan fingerprint density at radius 3 is 2.50 bits per heavy atom. The van der Waals surface area contributed by atoms with E-state index in [9.17, 15) is 0 Å². The summed E-state index contributed by atoms with van der Waals surface area (Å²) < 4.78 is 23.5. The zero-order valence-corrected chi connectivity index (χ0v) is 19.3. The molecule has 0 saturated carbocycles. The normalized spacial score (nSPS) is 21.4. The van der Waals surface area contributed by atoms with Gasteiger partial charge in [-0.05, 0) is 24.7 Å². The van der Waals surface area contributed by atoms with Crippen LogP contribution in [0.2, 0.25) is 0 Å². The molecule has 0 aliphatic carbocycles. The number of para-hydroxylation sites is 1. The van der Waals surface area contributed by atoms with E-state index in [-0.39, 0.29) is 6.04 Å². The van der Waals surface area contributed by atoms with Gasteiger partial charge in [0.25, 0.3) is 0 Å². The highest BCUT2D eigenvalue weighted by Crippen LogP contribution is 2.53. The van der Waals surface area contributed by atoms with Crippen molar-refractivity contribution in [3.63, 3.8) is 0 Å². The Bertz CT molecular complexity index is 1030. The molecule has 32 heavy (non-hydrogen) atoms. The highest BCUT2D eigenvalue weighted by atomic mass is 16.5. The van der Waals surface area contributed by atoms with Crippen LogP contribution >= 0.6 is 0 Å². The van der Waals surface area contributed by atoms with E-state index in [0.717, 1.165) is 78.7 Å². The molecule has 1 saturated heterocycles. The van der Waals surface area contributed by atoms with Crippen LogP contribution < -0.4 is 18.9 Å². The lowest BCUT2D eigenvalue weighted by Crippen LogP contribution is -2.59. The van der Waals surface area contributed by atoms with Crippen LogP contribution in [0, 0.1) is 0 Å². The van der Waals surface area contributed by atoms with Gasteiger partial charge in [0, 0.05) is 49.5 Å². The molecule has 0 radical (unpaired) electrons. The fourth-order valence-corrected chi connectivity index (χ4v) is 5.18. The Morgan fingerprint density at radius 1 is 1.03 bits per heavy atom. The SMILES string of the molecule is CCN1CCC2(CC1)Oc1c(OC)cccc1C1CC(c3ccc(OC)cc3OC)=NN12. The number of piperidine rings is 1. The van der Waals surface area contributed by atoms with Gasteiger partial charge in [-0.1, -0.05) is 19.1 Å². The van der Waals surface area contributed by atoms with Gasteiger partial charge in [0.2, 0.25) is 5.72 Å². The highest BCUT2D eigenvalue weighted by molar-refractivity contribution is 6.04. The molecule has 0 aromatic heterocycles. The van der Waals surface area contributed by atoms with Gasteiger partial charge in [0.1, 0.15) is 11.5 Å². The second-order valence-corrected chi connectivity index (χ2v) is 8.54. The van der Waals surface area contributed by atoms with Crippen LogP contribution in [0.4, 0.5) is 0 Å². The topological polar surface area (TPSA) is 55.8 Å². The molecule has 1 atom stereocenters. The molecule has 3 aliphatic heterocycles. The first-order valence-corrected chi connectivity index (χ1v) is 11.3. The molecule has 1 fully saturated rings. The van der Waals surface area contributed by atoms with Crippen molar-refractivity contribution in [2.45, 2.75) is 38.0 Å². The summed E-state index contributed by atoms with van der Waals surface area (Å²) in [6.07, 6.45) is 2.57. The number of ether oxygens (including phenoxy) is 4. The third-order valence-electron chi connectivity index (χ3n) is 7.01. The number of hydrazone groups is 1. The van der Waals surface area contributed by atoms with E-state index in [0.29, 0.717) is 0 Å². The Morgan fingerprint density at radius 2 is 1.81 bits per heavy atom. The number of hydrogen-bond acceptors (Lipinski definition) is 7. The van der Waals surface area contributed by atoms with Crippen LogP contribution in [-0.2, 0) is 0 Å². The maximum absolute atomic E-state index is 6.78. The standard InChI is InChI=1S/C25H31N3O4/c1-5-27-13-11-25(12-14-27)28-21(19-7-6-8-22(30-3)24(19)32-25)16-20(26-28)18-10-9-17(29-2)15-23(18)31-4/h6-10,15,21H,5,11-14,16H2,1-4H3. The fraction of sp³-hybridized carbons (Fsp3) is 0.480. The van der Waals surface area contributed by atoms with E-state index in [4.69, 9.17) is 24.0 Å². The second-order valence-electron chi connectivity index (χ2n) is 8.54. The Labute approximate surface area is 189 Å². The first-order valence-electron chi connectivity index (χ1n) is 11.3. The lowest BCUT2D eigenvalue weighted by molar-refractivity contribution is -0.150. The molecular formula is C25H31N3O4. The van der Waals surface area contributed by atoms with E-state index in [1.807, 2.05) is 30.3 Å². The third-order valence-corrected chi connectivity index (χ3v) is 7.01. The summed E-state index contributed by atoms with van der Waals surface area (Å²) in [5, 5.41) is 7.39. The number of methoxy groups -OCH3 is 3. The van der Waals surface area contributed by atoms with Crippen LogP contribution in [0.25, 0.3) is 0 Å². The molecule has 0 N–H and O–H groups in total. The number of rotatable bonds is 5. The predicted molar refractivity (Wildman–Crippen MR) is 123 cm³/mol. The van der Waals surface area contributed by atoms with E-state index in [1.165, 1.54) is 0 Å². The van der Waals surface area contributed by atoms with Gasteiger partial charge in [-0.15, -0.1) is 0 Å². The van der Waals surface area contributed by atoms with Gasteiger partial charge >= 0.3 is 0 Å². The van der Waals surface area contributed by atoms with Crippen LogP contribution in [0.5, 0.6) is 23.0 Å². The van der Waals surface area contributed by atoms with E-state index in [2.05, 4.69) is 22.9 Å². The molecule has 3 aliphatic rings. The Hall–Kier alpha value is -2.93. The zero-order chi connectivity index (χ0) is 22.3. The van der Waals surface area contributed by atoms with Crippen molar-refractivity contribution in [1.29, 1.82) is 0 Å². The van der Waals surface area contributed by atoms with Crippen molar-refractivity contribution in [3.8, 4) is 23.0 Å². The number of benzene rings is 2. The monoisotopic (exact) mass is 437 g/mol. The van der Waals surface area contributed by atoms with Crippen LogP contribution in [0.15, 0.2) is 41.5 Å². The lowest BCUT2D eigenvalue weighted by atomic mass is 9.90. The van der Waals surface area contributed by atoms with Crippen molar-refractivity contribution < 1.29 is 18.9 Å². The summed E-state index contributed by atoms with van der Waals surface area (Å²) in [5.74, 6) is 3.18. The number of hydrogen-bond donors (Lipinski definition) is 0. The maximum atomic E-state index is 6.78. The molecular weight excluding hydrogens is 406 g/mol. The van der Waals surface area contributed by atoms with Crippen molar-refractivity contribution >= 4 is 5.71 Å². The van der Waals surface area contributed by atoms with Crippen molar-refractivity contribution in [2.24, 2.45) is 5.10 Å². The molecule has 170 valence electrons. The maximum Gasteiger partial charge on any atom is 0.200 e. The van der Waals surface area contributed by atoms with Gasteiger partial charge in [0.05, 0.1) is 33.1 Å². The van der Waals surface area contributed by atoms with Gasteiger partial charge in [-0.2, -0.15) is 5.10 Å². The first kappa shape index (κ1) is 20.9. The molecule has 7 heteroatoms. The summed E-state index contributed by atoms with van der Waals surface area (Å²) in [6, 6.07) is 12.2. The lowest BCUT2D eigenvalue weighted by Gasteiger charge is -2.51. The van der Waals surface area contributed by atoms with Gasteiger partial charge in [-0.25, -0.2) is 5.01 Å². The van der Waals surface area contributed by atoms with Crippen molar-refractivity contribution in [3.05, 3.63) is 47.5 Å². The third kappa shape index (κ3) is 3.26. The summed E-state index contributed by atoms with van der Waals surface area (Å²) in [6.45, 7) is 5.24. The second kappa shape index (κ2) is 8.20. The van der Waals surface area contributed by atoms with Crippen LogP contribution in [0.3, 0.4) is 0 Å². The summed E-state index contributed by atoms with van der Waals surface area (Å²) >= 11 is 0. The Kier molecular flexibility index (Phi) is 5.37. The molecule has 0 amide bonds. The van der Waals surface area contributed by atoms with Crippen molar-refractivity contribution in [2.75, 3.05) is 41.0 Å². The predicted octanol–water partition coefficient (Wildman–Crippen LogP) is 4.07. The van der Waals surface area contributed by atoms with Gasteiger partial charge < -0.3 is 23.8 Å². The van der Waals surface area contributed by atoms with E-state index >= 15 is 0 Å². The number of likely N-dealkylation sites (tertiary alicyclic amines) is 1. The van der Waals surface area contributed by atoms with Crippen LogP contribution in [0.1, 0.15) is 43.4 Å². The van der Waals surface area contributed by atoms with Gasteiger partial charge in [-0.3, -0.25) is 0 Å².